The minimum absolute atomic E-state index is 0.000283. The summed E-state index contributed by atoms with van der Waals surface area (Å²) in [7, 11) is 1.66. The van der Waals surface area contributed by atoms with E-state index in [-0.39, 0.29) is 5.38 Å². The second kappa shape index (κ2) is 6.07. The number of benzene rings is 1. The van der Waals surface area contributed by atoms with Crippen LogP contribution in [-0.4, -0.2) is 19.8 Å². The molecule has 1 heterocycles. The van der Waals surface area contributed by atoms with E-state index < -0.39 is 0 Å². The van der Waals surface area contributed by atoms with Gasteiger partial charge in [0.15, 0.2) is 0 Å². The van der Waals surface area contributed by atoms with Crippen molar-refractivity contribution in [3.63, 3.8) is 0 Å². The lowest BCUT2D eigenvalue weighted by Crippen LogP contribution is -2.08. The van der Waals surface area contributed by atoms with E-state index in [2.05, 4.69) is 15.9 Å². The lowest BCUT2D eigenvalue weighted by molar-refractivity contribution is 0.103. The first-order valence-electron chi connectivity index (χ1n) is 5.80. The highest BCUT2D eigenvalue weighted by Gasteiger charge is 2.21. The van der Waals surface area contributed by atoms with Gasteiger partial charge in [-0.15, -0.1) is 11.6 Å². The van der Waals surface area contributed by atoms with Crippen LogP contribution in [0.15, 0.2) is 22.7 Å². The van der Waals surface area contributed by atoms with Crippen LogP contribution in [0.4, 0.5) is 0 Å². The Morgan fingerprint density at radius 2 is 2.41 bits per heavy atom. The summed E-state index contributed by atoms with van der Waals surface area (Å²) in [6.07, 6.45) is 3.47. The van der Waals surface area contributed by atoms with Crippen molar-refractivity contribution in [1.29, 1.82) is 0 Å². The van der Waals surface area contributed by atoms with Gasteiger partial charge in [-0.1, -0.05) is 6.07 Å². The van der Waals surface area contributed by atoms with Gasteiger partial charge < -0.3 is 9.47 Å². The van der Waals surface area contributed by atoms with Crippen LogP contribution >= 0.6 is 27.5 Å². The predicted molar refractivity (Wildman–Crippen MR) is 72.9 cm³/mol. The Balaban J connectivity index is 2.02. The van der Waals surface area contributed by atoms with Gasteiger partial charge in [0.2, 0.25) is 0 Å². The molecule has 2 nitrogen and oxygen atoms in total. The SMILES string of the molecule is COc1ccc(C(Cl)CC2CCCO2)cc1Br. The average molecular weight is 320 g/mol. The minimum Gasteiger partial charge on any atom is -0.496 e. The maximum atomic E-state index is 6.41. The highest BCUT2D eigenvalue weighted by atomic mass is 79.9. The number of alkyl halides is 1. The van der Waals surface area contributed by atoms with E-state index >= 15 is 0 Å². The Hall–Kier alpha value is -0.250. The molecule has 0 N–H and O–H groups in total. The van der Waals surface area contributed by atoms with Crippen LogP contribution in [0.1, 0.15) is 30.2 Å². The first-order chi connectivity index (χ1) is 8.20. The Kier molecular flexibility index (Phi) is 4.71. The molecule has 17 heavy (non-hydrogen) atoms. The van der Waals surface area contributed by atoms with E-state index in [0.29, 0.717) is 6.10 Å². The van der Waals surface area contributed by atoms with Crippen LogP contribution in [0.25, 0.3) is 0 Å². The van der Waals surface area contributed by atoms with Crippen LogP contribution in [0.3, 0.4) is 0 Å². The van der Waals surface area contributed by atoms with E-state index in [9.17, 15) is 0 Å². The van der Waals surface area contributed by atoms with E-state index in [1.807, 2.05) is 18.2 Å². The van der Waals surface area contributed by atoms with Crippen molar-refractivity contribution in [2.24, 2.45) is 0 Å². The van der Waals surface area contributed by atoms with Crippen LogP contribution < -0.4 is 4.74 Å². The van der Waals surface area contributed by atoms with Crippen LogP contribution in [0.5, 0.6) is 5.75 Å². The fourth-order valence-electron chi connectivity index (χ4n) is 2.07. The molecule has 0 bridgehead atoms. The van der Waals surface area contributed by atoms with Crippen LogP contribution in [-0.2, 0) is 4.74 Å². The minimum atomic E-state index is 0.000283. The number of halogens is 2. The van der Waals surface area contributed by atoms with Gasteiger partial charge in [0, 0.05) is 6.61 Å². The van der Waals surface area contributed by atoms with Crippen molar-refractivity contribution >= 4 is 27.5 Å². The summed E-state index contributed by atoms with van der Waals surface area (Å²) in [5, 5.41) is 0.000283. The van der Waals surface area contributed by atoms with Gasteiger partial charge in [-0.05, 0) is 52.9 Å². The maximum absolute atomic E-state index is 6.41. The summed E-state index contributed by atoms with van der Waals surface area (Å²) in [5.41, 5.74) is 1.11. The highest BCUT2D eigenvalue weighted by Crippen LogP contribution is 2.34. The summed E-state index contributed by atoms with van der Waals surface area (Å²) < 4.78 is 11.7. The summed E-state index contributed by atoms with van der Waals surface area (Å²) in [5.74, 6) is 0.828. The number of ether oxygens (including phenoxy) is 2. The zero-order valence-electron chi connectivity index (χ0n) is 9.79. The Morgan fingerprint density at radius 3 is 3.00 bits per heavy atom. The molecule has 0 amide bonds. The van der Waals surface area contributed by atoms with Crippen molar-refractivity contribution in [3.05, 3.63) is 28.2 Å². The van der Waals surface area contributed by atoms with Crippen molar-refractivity contribution < 1.29 is 9.47 Å². The molecule has 2 atom stereocenters. The Bertz CT molecular complexity index is 378. The van der Waals surface area contributed by atoms with E-state index in [1.165, 1.54) is 0 Å². The van der Waals surface area contributed by atoms with E-state index in [4.69, 9.17) is 21.1 Å². The molecule has 94 valence electrons. The Morgan fingerprint density at radius 1 is 1.59 bits per heavy atom. The van der Waals surface area contributed by atoms with Gasteiger partial charge in [-0.25, -0.2) is 0 Å². The Labute approximate surface area is 115 Å². The van der Waals surface area contributed by atoms with Crippen LogP contribution in [0.2, 0.25) is 0 Å². The maximum Gasteiger partial charge on any atom is 0.133 e. The second-order valence-electron chi connectivity index (χ2n) is 4.23. The predicted octanol–water partition coefficient (Wildman–Crippen LogP) is 4.31. The molecule has 0 radical (unpaired) electrons. The normalized spacial score (nSPS) is 21.5. The molecule has 0 aliphatic carbocycles. The number of hydrogen-bond acceptors (Lipinski definition) is 2. The number of hydrogen-bond donors (Lipinski definition) is 0. The molecule has 1 aliphatic rings. The van der Waals surface area contributed by atoms with Crippen molar-refractivity contribution in [2.75, 3.05) is 13.7 Å². The van der Waals surface area contributed by atoms with Gasteiger partial charge in [-0.3, -0.25) is 0 Å². The molecule has 1 aromatic rings. The van der Waals surface area contributed by atoms with E-state index in [0.717, 1.165) is 41.7 Å². The molecule has 1 aromatic carbocycles. The van der Waals surface area contributed by atoms with Crippen molar-refractivity contribution in [3.8, 4) is 5.75 Å². The fourth-order valence-corrected chi connectivity index (χ4v) is 2.97. The monoisotopic (exact) mass is 318 g/mol. The first-order valence-corrected chi connectivity index (χ1v) is 7.02. The quantitative estimate of drug-likeness (QED) is 0.770. The molecule has 1 saturated heterocycles. The lowest BCUT2D eigenvalue weighted by Gasteiger charge is -2.15. The summed E-state index contributed by atoms with van der Waals surface area (Å²) in [6.45, 7) is 0.876. The average Bonchev–Trinajstić information content (AvgIpc) is 2.81. The smallest absolute Gasteiger partial charge is 0.133 e. The molecule has 4 heteroatoms. The van der Waals surface area contributed by atoms with Crippen molar-refractivity contribution in [2.45, 2.75) is 30.7 Å². The molecule has 1 aliphatic heterocycles. The van der Waals surface area contributed by atoms with Gasteiger partial charge in [-0.2, -0.15) is 0 Å². The summed E-state index contributed by atoms with van der Waals surface area (Å²) >= 11 is 9.89. The third-order valence-corrected chi connectivity index (χ3v) is 4.08. The largest absolute Gasteiger partial charge is 0.496 e. The third-order valence-electron chi connectivity index (χ3n) is 3.03. The molecule has 0 saturated carbocycles. The molecule has 2 unspecified atom stereocenters. The zero-order chi connectivity index (χ0) is 12.3. The molecule has 2 rings (SSSR count). The topological polar surface area (TPSA) is 18.5 Å². The highest BCUT2D eigenvalue weighted by molar-refractivity contribution is 9.10. The molecule has 1 fully saturated rings. The summed E-state index contributed by atoms with van der Waals surface area (Å²) in [6, 6.07) is 5.96. The van der Waals surface area contributed by atoms with Crippen molar-refractivity contribution in [1.82, 2.24) is 0 Å². The zero-order valence-corrected chi connectivity index (χ0v) is 12.1. The number of rotatable bonds is 4. The lowest BCUT2D eigenvalue weighted by atomic mass is 10.0. The van der Waals surface area contributed by atoms with Gasteiger partial charge >= 0.3 is 0 Å². The van der Waals surface area contributed by atoms with Crippen LogP contribution in [0, 0.1) is 0 Å². The van der Waals surface area contributed by atoms with Gasteiger partial charge in [0.1, 0.15) is 5.75 Å². The first kappa shape index (κ1) is 13.2. The van der Waals surface area contributed by atoms with E-state index in [1.54, 1.807) is 7.11 Å². The molecule has 0 spiro atoms. The number of methoxy groups -OCH3 is 1. The summed E-state index contributed by atoms with van der Waals surface area (Å²) in [4.78, 5) is 0. The molecule has 0 aromatic heterocycles. The standard InChI is InChI=1S/C13H16BrClO2/c1-16-13-5-4-9(7-11(13)14)12(15)8-10-3-2-6-17-10/h4-5,7,10,12H,2-3,6,8H2,1H3. The fraction of sp³-hybridized carbons (Fsp3) is 0.538. The molecular weight excluding hydrogens is 303 g/mol. The molecular formula is C13H16BrClO2. The third kappa shape index (κ3) is 3.36. The van der Waals surface area contributed by atoms with Gasteiger partial charge in [0.05, 0.1) is 23.1 Å². The van der Waals surface area contributed by atoms with Gasteiger partial charge in [0.25, 0.3) is 0 Å². The second-order valence-corrected chi connectivity index (χ2v) is 5.61.